The molecule has 0 aromatic heterocycles. The van der Waals surface area contributed by atoms with E-state index in [1.807, 2.05) is 0 Å². The zero-order chi connectivity index (χ0) is 21.2. The Morgan fingerprint density at radius 2 is 2.10 bits per heavy atom. The summed E-state index contributed by atoms with van der Waals surface area (Å²) in [4.78, 5) is 4.83. The van der Waals surface area contributed by atoms with E-state index >= 15 is 0 Å². The van der Waals surface area contributed by atoms with Crippen molar-refractivity contribution in [2.75, 3.05) is 39.5 Å². The summed E-state index contributed by atoms with van der Waals surface area (Å²) in [5, 5.41) is 6.93. The molecule has 0 amide bonds. The van der Waals surface area contributed by atoms with Crippen LogP contribution in [0.5, 0.6) is 5.75 Å². The normalized spacial score (nSPS) is 19.6. The van der Waals surface area contributed by atoms with Gasteiger partial charge in [-0.05, 0) is 69.9 Å². The number of hydrogen-bond acceptors (Lipinski definition) is 4. The number of aliphatic imine (C=N–C) groups is 1. The number of hydrogen-bond donors (Lipinski definition) is 2. The van der Waals surface area contributed by atoms with Gasteiger partial charge in [0.2, 0.25) is 0 Å². The summed E-state index contributed by atoms with van der Waals surface area (Å²) in [6.07, 6.45) is 6.08. The van der Waals surface area contributed by atoms with Crippen molar-refractivity contribution in [3.63, 3.8) is 0 Å². The van der Waals surface area contributed by atoms with Crippen LogP contribution in [0, 0.1) is 12.3 Å². The molecule has 1 aromatic rings. The SMILES string of the molecule is CCNC(=NCc1ccc(C)cc1OCC1CCCO1)NCC1(CCOCC)CC1.I. The molecule has 176 valence electrons. The van der Waals surface area contributed by atoms with Gasteiger partial charge in [-0.15, -0.1) is 24.0 Å². The molecule has 1 aliphatic heterocycles. The first-order valence-corrected chi connectivity index (χ1v) is 11.6. The van der Waals surface area contributed by atoms with Crippen molar-refractivity contribution in [2.45, 2.75) is 65.5 Å². The second-order valence-corrected chi connectivity index (χ2v) is 8.55. The lowest BCUT2D eigenvalue weighted by atomic mass is 10.0. The van der Waals surface area contributed by atoms with Crippen LogP contribution in [0.1, 0.15) is 57.1 Å². The van der Waals surface area contributed by atoms with Crippen molar-refractivity contribution in [3.05, 3.63) is 29.3 Å². The third-order valence-corrected chi connectivity index (χ3v) is 5.99. The highest BCUT2D eigenvalue weighted by atomic mass is 127. The van der Waals surface area contributed by atoms with E-state index in [-0.39, 0.29) is 30.1 Å². The first-order valence-electron chi connectivity index (χ1n) is 11.6. The van der Waals surface area contributed by atoms with Gasteiger partial charge < -0.3 is 24.8 Å². The van der Waals surface area contributed by atoms with E-state index in [9.17, 15) is 0 Å². The molecule has 1 heterocycles. The molecule has 1 saturated heterocycles. The van der Waals surface area contributed by atoms with Crippen LogP contribution < -0.4 is 15.4 Å². The van der Waals surface area contributed by atoms with E-state index in [0.29, 0.717) is 18.6 Å². The van der Waals surface area contributed by atoms with Gasteiger partial charge in [-0.1, -0.05) is 12.1 Å². The molecule has 2 N–H and O–H groups in total. The van der Waals surface area contributed by atoms with Gasteiger partial charge in [-0.2, -0.15) is 0 Å². The fourth-order valence-corrected chi connectivity index (χ4v) is 3.79. The minimum Gasteiger partial charge on any atom is -0.491 e. The molecular formula is C24H40IN3O3. The van der Waals surface area contributed by atoms with Crippen molar-refractivity contribution in [1.29, 1.82) is 0 Å². The van der Waals surface area contributed by atoms with Crippen LogP contribution >= 0.6 is 24.0 Å². The molecule has 0 radical (unpaired) electrons. The van der Waals surface area contributed by atoms with Gasteiger partial charge in [0.1, 0.15) is 12.4 Å². The van der Waals surface area contributed by atoms with Gasteiger partial charge in [0.05, 0.1) is 12.6 Å². The average molecular weight is 546 g/mol. The summed E-state index contributed by atoms with van der Waals surface area (Å²) in [6.45, 7) is 11.7. The Labute approximate surface area is 204 Å². The number of guanidine groups is 1. The van der Waals surface area contributed by atoms with Gasteiger partial charge in [0, 0.05) is 38.5 Å². The molecule has 1 aliphatic carbocycles. The highest BCUT2D eigenvalue weighted by Crippen LogP contribution is 2.48. The molecule has 3 rings (SSSR count). The Morgan fingerprint density at radius 1 is 1.26 bits per heavy atom. The lowest BCUT2D eigenvalue weighted by Crippen LogP contribution is -2.40. The van der Waals surface area contributed by atoms with Gasteiger partial charge in [-0.25, -0.2) is 4.99 Å². The Hall–Kier alpha value is -1.06. The highest BCUT2D eigenvalue weighted by molar-refractivity contribution is 14.0. The Morgan fingerprint density at radius 3 is 2.77 bits per heavy atom. The molecule has 31 heavy (non-hydrogen) atoms. The second-order valence-electron chi connectivity index (χ2n) is 8.55. The van der Waals surface area contributed by atoms with Crippen LogP contribution in [0.15, 0.2) is 23.2 Å². The van der Waals surface area contributed by atoms with E-state index < -0.39 is 0 Å². The third kappa shape index (κ3) is 8.77. The van der Waals surface area contributed by atoms with Crippen molar-refractivity contribution in [1.82, 2.24) is 10.6 Å². The zero-order valence-electron chi connectivity index (χ0n) is 19.4. The van der Waals surface area contributed by atoms with Crippen molar-refractivity contribution < 1.29 is 14.2 Å². The fourth-order valence-electron chi connectivity index (χ4n) is 3.79. The lowest BCUT2D eigenvalue weighted by molar-refractivity contribution is 0.0676. The first-order chi connectivity index (χ1) is 14.6. The van der Waals surface area contributed by atoms with Crippen LogP contribution in [0.25, 0.3) is 0 Å². The van der Waals surface area contributed by atoms with Crippen molar-refractivity contribution >= 4 is 29.9 Å². The fraction of sp³-hybridized carbons (Fsp3) is 0.708. The van der Waals surface area contributed by atoms with E-state index in [0.717, 1.165) is 69.4 Å². The zero-order valence-corrected chi connectivity index (χ0v) is 21.7. The van der Waals surface area contributed by atoms with Crippen LogP contribution in [-0.4, -0.2) is 51.6 Å². The predicted octanol–water partition coefficient (Wildman–Crippen LogP) is 4.43. The summed E-state index contributed by atoms with van der Waals surface area (Å²) in [6, 6.07) is 6.35. The Bertz CT molecular complexity index is 689. The van der Waals surface area contributed by atoms with Gasteiger partial charge in [0.25, 0.3) is 0 Å². The molecule has 1 aromatic carbocycles. The minimum absolute atomic E-state index is 0. The van der Waals surface area contributed by atoms with Crippen molar-refractivity contribution in [2.24, 2.45) is 10.4 Å². The highest BCUT2D eigenvalue weighted by Gasteiger charge is 2.41. The molecule has 1 saturated carbocycles. The molecule has 2 fully saturated rings. The van der Waals surface area contributed by atoms with Gasteiger partial charge in [0.15, 0.2) is 5.96 Å². The number of benzene rings is 1. The van der Waals surface area contributed by atoms with Gasteiger partial charge >= 0.3 is 0 Å². The van der Waals surface area contributed by atoms with Crippen LogP contribution in [0.4, 0.5) is 0 Å². The van der Waals surface area contributed by atoms with Crippen LogP contribution in [0.2, 0.25) is 0 Å². The minimum atomic E-state index is 0. The molecule has 7 heteroatoms. The van der Waals surface area contributed by atoms with Crippen LogP contribution in [-0.2, 0) is 16.0 Å². The summed E-state index contributed by atoms with van der Waals surface area (Å²) in [5.41, 5.74) is 2.68. The monoisotopic (exact) mass is 545 g/mol. The summed E-state index contributed by atoms with van der Waals surface area (Å²) >= 11 is 0. The largest absolute Gasteiger partial charge is 0.491 e. The standard InChI is InChI=1S/C24H39N3O3.HI/c1-4-25-23(27-18-24(10-11-24)12-14-28-5-2)26-16-20-9-8-19(3)15-22(20)30-17-21-7-6-13-29-21;/h8-9,15,21H,4-7,10-14,16-18H2,1-3H3,(H2,25,26,27);1H. The average Bonchev–Trinajstić information content (AvgIpc) is 3.31. The summed E-state index contributed by atoms with van der Waals surface area (Å²) < 4.78 is 17.4. The van der Waals surface area contributed by atoms with E-state index in [1.165, 1.54) is 18.4 Å². The molecule has 2 aliphatic rings. The topological polar surface area (TPSA) is 64.1 Å². The van der Waals surface area contributed by atoms with Crippen molar-refractivity contribution in [3.8, 4) is 5.75 Å². The maximum atomic E-state index is 6.12. The third-order valence-electron chi connectivity index (χ3n) is 5.99. The predicted molar refractivity (Wildman–Crippen MR) is 137 cm³/mol. The summed E-state index contributed by atoms with van der Waals surface area (Å²) in [5.74, 6) is 1.78. The number of ether oxygens (including phenoxy) is 3. The Kier molecular flexibility index (Phi) is 11.4. The quantitative estimate of drug-likeness (QED) is 0.176. The molecule has 0 bridgehead atoms. The second kappa shape index (κ2) is 13.5. The molecule has 6 nitrogen and oxygen atoms in total. The maximum absolute atomic E-state index is 6.12. The van der Waals surface area contributed by atoms with Crippen LogP contribution in [0.3, 0.4) is 0 Å². The Balaban J connectivity index is 0.00000341. The first kappa shape index (κ1) is 26.2. The van der Waals surface area contributed by atoms with E-state index in [1.54, 1.807) is 0 Å². The number of nitrogens with zero attached hydrogens (tertiary/aromatic N) is 1. The van der Waals surface area contributed by atoms with E-state index in [4.69, 9.17) is 19.2 Å². The number of nitrogens with one attached hydrogen (secondary N) is 2. The number of halogens is 1. The molecule has 0 spiro atoms. The van der Waals surface area contributed by atoms with Gasteiger partial charge in [-0.3, -0.25) is 0 Å². The number of aryl methyl sites for hydroxylation is 1. The summed E-state index contributed by atoms with van der Waals surface area (Å²) in [7, 11) is 0. The molecular weight excluding hydrogens is 505 g/mol. The molecule has 1 unspecified atom stereocenters. The number of rotatable bonds is 12. The van der Waals surface area contributed by atoms with E-state index in [2.05, 4.69) is 49.6 Å². The smallest absolute Gasteiger partial charge is 0.191 e. The lowest BCUT2D eigenvalue weighted by Gasteiger charge is -2.19. The molecule has 1 atom stereocenters. The maximum Gasteiger partial charge on any atom is 0.191 e.